The maximum absolute atomic E-state index is 12.8. The SMILES string of the molecule is CC/C=C/C=C/C=C/C=C/C=C/C=C/CCCCCC(=O)OCC(COCCC(C(=O)O)[N+](C)(C)C)OC(=O)CCCCCCCCCCCC/C=C/C=C/CCCCC. The van der Waals surface area contributed by atoms with Crippen LogP contribution in [0.3, 0.4) is 0 Å². The molecule has 0 saturated heterocycles. The van der Waals surface area contributed by atoms with Crippen molar-refractivity contribution < 1.29 is 38.2 Å². The molecule has 60 heavy (non-hydrogen) atoms. The fourth-order valence-electron chi connectivity index (χ4n) is 6.29. The van der Waals surface area contributed by atoms with Gasteiger partial charge in [0.2, 0.25) is 0 Å². The summed E-state index contributed by atoms with van der Waals surface area (Å²) in [6.07, 6.45) is 55.9. The van der Waals surface area contributed by atoms with Gasteiger partial charge in [0.15, 0.2) is 12.1 Å². The van der Waals surface area contributed by atoms with Gasteiger partial charge in [-0.1, -0.05) is 182 Å². The first-order valence-electron chi connectivity index (χ1n) is 23.4. The maximum atomic E-state index is 12.8. The maximum Gasteiger partial charge on any atom is 0.362 e. The molecule has 1 N–H and O–H groups in total. The van der Waals surface area contributed by atoms with Crippen molar-refractivity contribution in [2.75, 3.05) is 41.0 Å². The van der Waals surface area contributed by atoms with Gasteiger partial charge in [-0.15, -0.1) is 0 Å². The Balaban J connectivity index is 4.41. The van der Waals surface area contributed by atoms with Crippen LogP contribution in [-0.4, -0.2) is 80.6 Å². The van der Waals surface area contributed by atoms with E-state index in [1.54, 1.807) is 0 Å². The largest absolute Gasteiger partial charge is 0.477 e. The van der Waals surface area contributed by atoms with Crippen molar-refractivity contribution in [2.24, 2.45) is 0 Å². The van der Waals surface area contributed by atoms with E-state index in [9.17, 15) is 19.5 Å². The lowest BCUT2D eigenvalue weighted by molar-refractivity contribution is -0.887. The molecule has 340 valence electrons. The number of hydrogen-bond acceptors (Lipinski definition) is 6. The van der Waals surface area contributed by atoms with Gasteiger partial charge in [-0.05, 0) is 57.8 Å². The van der Waals surface area contributed by atoms with Crippen molar-refractivity contribution >= 4 is 17.9 Å². The summed E-state index contributed by atoms with van der Waals surface area (Å²) in [5, 5.41) is 9.63. The minimum atomic E-state index is -0.886. The fourth-order valence-corrected chi connectivity index (χ4v) is 6.29. The van der Waals surface area contributed by atoms with Crippen LogP contribution in [0.4, 0.5) is 0 Å². The number of unbranched alkanes of at least 4 members (excludes halogenated alkanes) is 16. The molecule has 0 spiro atoms. The Kier molecular flexibility index (Phi) is 39.3. The van der Waals surface area contributed by atoms with Crippen LogP contribution in [0.5, 0.6) is 0 Å². The van der Waals surface area contributed by atoms with Crippen molar-refractivity contribution in [2.45, 2.75) is 174 Å². The first-order valence-corrected chi connectivity index (χ1v) is 23.4. The minimum absolute atomic E-state index is 0.0390. The molecule has 0 aliphatic heterocycles. The van der Waals surface area contributed by atoms with E-state index in [-0.39, 0.29) is 36.2 Å². The molecule has 0 aromatic rings. The predicted octanol–water partition coefficient (Wildman–Crippen LogP) is 13.1. The molecule has 0 aliphatic carbocycles. The molecule has 2 atom stereocenters. The average Bonchev–Trinajstić information content (AvgIpc) is 3.21. The molecule has 0 saturated carbocycles. The highest BCUT2D eigenvalue weighted by Gasteiger charge is 2.31. The van der Waals surface area contributed by atoms with Crippen molar-refractivity contribution in [3.63, 3.8) is 0 Å². The second-order valence-electron chi connectivity index (χ2n) is 16.5. The van der Waals surface area contributed by atoms with Gasteiger partial charge in [0.25, 0.3) is 0 Å². The topological polar surface area (TPSA) is 99.1 Å². The van der Waals surface area contributed by atoms with Crippen molar-refractivity contribution in [1.29, 1.82) is 0 Å². The minimum Gasteiger partial charge on any atom is -0.477 e. The quantitative estimate of drug-likeness (QED) is 0.0284. The summed E-state index contributed by atoms with van der Waals surface area (Å²) in [5.74, 6) is -1.54. The molecule has 0 amide bonds. The second-order valence-corrected chi connectivity index (χ2v) is 16.5. The van der Waals surface area contributed by atoms with E-state index in [1.165, 1.54) is 70.6 Å². The number of ether oxygens (including phenoxy) is 3. The Bertz CT molecular complexity index is 1300. The standard InChI is InChI=1S/C52H85NO7/c1-6-8-10-12-14-16-18-20-22-24-25-27-29-31-33-35-37-39-41-43-51(55)60-48(46-58-45-44-49(52(56)57)53(3,4)5)47-59-50(54)42-40-38-36-34-32-30-28-26-23-21-19-17-15-13-11-9-7-2/h9,11,13-21,23,26,28,30,32,48-49H,6-8,10,12,22,24-25,27,29,31,33-47H2,1-5H3/p+1/b11-9+,15-13+,16-14+,19-17+,20-18+,23-21+,28-26+,32-30+. The van der Waals surface area contributed by atoms with Crippen molar-refractivity contribution in [3.05, 3.63) is 97.2 Å². The molecule has 0 aromatic carbocycles. The summed E-state index contributed by atoms with van der Waals surface area (Å²) in [5.41, 5.74) is 0. The van der Waals surface area contributed by atoms with Crippen LogP contribution in [-0.2, 0) is 28.6 Å². The zero-order valence-corrected chi connectivity index (χ0v) is 38.6. The number of quaternary nitrogens is 1. The lowest BCUT2D eigenvalue weighted by atomic mass is 10.1. The Hall–Kier alpha value is -3.75. The Morgan fingerprint density at radius 2 is 0.933 bits per heavy atom. The summed E-state index contributed by atoms with van der Waals surface area (Å²) in [6, 6.07) is -0.628. The number of esters is 2. The van der Waals surface area contributed by atoms with Gasteiger partial charge in [-0.2, -0.15) is 0 Å². The van der Waals surface area contributed by atoms with E-state index in [0.717, 1.165) is 57.8 Å². The van der Waals surface area contributed by atoms with Crippen LogP contribution in [0.2, 0.25) is 0 Å². The number of nitrogens with zero attached hydrogens (tertiary/aromatic N) is 1. The number of allylic oxidation sites excluding steroid dienone is 16. The van der Waals surface area contributed by atoms with Gasteiger partial charge in [-0.3, -0.25) is 9.59 Å². The lowest BCUT2D eigenvalue weighted by Crippen LogP contribution is -2.50. The first kappa shape index (κ1) is 56.2. The smallest absolute Gasteiger partial charge is 0.362 e. The van der Waals surface area contributed by atoms with Crippen molar-refractivity contribution in [1.82, 2.24) is 0 Å². The average molecular weight is 837 g/mol. The van der Waals surface area contributed by atoms with Gasteiger partial charge in [0.05, 0.1) is 34.4 Å². The summed E-state index contributed by atoms with van der Waals surface area (Å²) in [6.45, 7) is 4.50. The Labute approximate surface area is 366 Å². The van der Waals surface area contributed by atoms with Crippen LogP contribution in [0.25, 0.3) is 0 Å². The molecule has 0 bridgehead atoms. The van der Waals surface area contributed by atoms with Crippen LogP contribution in [0.15, 0.2) is 97.2 Å². The molecule has 0 fully saturated rings. The van der Waals surface area contributed by atoms with E-state index in [1.807, 2.05) is 81.9 Å². The Morgan fingerprint density at radius 1 is 0.517 bits per heavy atom. The molecule has 0 radical (unpaired) electrons. The summed E-state index contributed by atoms with van der Waals surface area (Å²) in [7, 11) is 5.50. The summed E-state index contributed by atoms with van der Waals surface area (Å²) in [4.78, 5) is 37.1. The molecule has 2 unspecified atom stereocenters. The third kappa shape index (κ3) is 39.7. The molecule has 0 heterocycles. The number of aliphatic carboxylic acids is 1. The number of likely N-dealkylation sites (N-methyl/N-ethyl adjacent to an activating group) is 1. The number of carboxylic acid groups (broad SMARTS) is 1. The highest BCUT2D eigenvalue weighted by molar-refractivity contribution is 5.72. The zero-order chi connectivity index (χ0) is 44.2. The molecule has 8 heteroatoms. The van der Waals surface area contributed by atoms with Gasteiger partial charge in [0, 0.05) is 19.3 Å². The third-order valence-electron chi connectivity index (χ3n) is 9.91. The predicted molar refractivity (Wildman–Crippen MR) is 252 cm³/mol. The Morgan fingerprint density at radius 3 is 1.42 bits per heavy atom. The molecule has 8 nitrogen and oxygen atoms in total. The van der Waals surface area contributed by atoms with Crippen LogP contribution < -0.4 is 0 Å². The van der Waals surface area contributed by atoms with Gasteiger partial charge in [0.1, 0.15) is 6.61 Å². The number of carbonyl (C=O) groups is 3. The van der Waals surface area contributed by atoms with E-state index in [0.29, 0.717) is 19.3 Å². The molecule has 0 rings (SSSR count). The van der Waals surface area contributed by atoms with E-state index >= 15 is 0 Å². The first-order chi connectivity index (χ1) is 29.1. The van der Waals surface area contributed by atoms with Crippen molar-refractivity contribution in [3.8, 4) is 0 Å². The third-order valence-corrected chi connectivity index (χ3v) is 9.91. The van der Waals surface area contributed by atoms with E-state index in [4.69, 9.17) is 14.2 Å². The van der Waals surface area contributed by atoms with E-state index < -0.39 is 18.1 Å². The second kappa shape index (κ2) is 42.0. The van der Waals surface area contributed by atoms with Gasteiger partial charge >= 0.3 is 17.9 Å². The lowest BCUT2D eigenvalue weighted by Gasteiger charge is -2.31. The normalized spacial score (nSPS) is 13.8. The van der Waals surface area contributed by atoms with Gasteiger partial charge in [-0.25, -0.2) is 4.79 Å². The molecule has 0 aromatic heterocycles. The van der Waals surface area contributed by atoms with E-state index in [2.05, 4.69) is 50.3 Å². The van der Waals surface area contributed by atoms with Crippen LogP contribution >= 0.6 is 0 Å². The number of carbonyl (C=O) groups excluding carboxylic acids is 2. The highest BCUT2D eigenvalue weighted by atomic mass is 16.6. The summed E-state index contributed by atoms with van der Waals surface area (Å²) >= 11 is 0. The highest BCUT2D eigenvalue weighted by Crippen LogP contribution is 2.14. The zero-order valence-electron chi connectivity index (χ0n) is 38.6. The van der Waals surface area contributed by atoms with Crippen LogP contribution in [0.1, 0.15) is 162 Å². The number of carboxylic acids is 1. The summed E-state index contributed by atoms with van der Waals surface area (Å²) < 4.78 is 17.3. The van der Waals surface area contributed by atoms with Gasteiger partial charge < -0.3 is 23.8 Å². The van der Waals surface area contributed by atoms with Crippen LogP contribution in [0, 0.1) is 0 Å². The molecular weight excluding hydrogens is 751 g/mol. The molecular formula is C52H86NO7+. The monoisotopic (exact) mass is 837 g/mol. The number of rotatable bonds is 40. The fraction of sp³-hybridized carbons (Fsp3) is 0.635. The number of hydrogen-bond donors (Lipinski definition) is 1. The molecule has 0 aliphatic rings.